The molecule has 1 aromatic rings. The minimum atomic E-state index is -1.62. The zero-order valence-electron chi connectivity index (χ0n) is 22.3. The van der Waals surface area contributed by atoms with E-state index >= 15 is 0 Å². The first-order valence-corrected chi connectivity index (χ1v) is 12.9. The second-order valence-corrected chi connectivity index (χ2v) is 10.2. The maximum absolute atomic E-state index is 11.7. The molecule has 0 aromatic heterocycles. The van der Waals surface area contributed by atoms with Crippen LogP contribution >= 0.6 is 0 Å². The molecule has 0 aliphatic carbocycles. The summed E-state index contributed by atoms with van der Waals surface area (Å²) < 4.78 is 0. The quantitative estimate of drug-likeness (QED) is 0.230. The van der Waals surface area contributed by atoms with Gasteiger partial charge in [-0.3, -0.25) is 34.0 Å². The molecule has 1 aliphatic rings. The van der Waals surface area contributed by atoms with Gasteiger partial charge in [-0.1, -0.05) is 38.1 Å². The maximum Gasteiger partial charge on any atom is 0.317 e. The van der Waals surface area contributed by atoms with Crippen LogP contribution in [0, 0.1) is 0 Å². The summed E-state index contributed by atoms with van der Waals surface area (Å²) in [5.41, 5.74) is 2.19. The second-order valence-electron chi connectivity index (χ2n) is 10.2. The number of hydrogen-bond acceptors (Lipinski definition) is 9. The van der Waals surface area contributed by atoms with Gasteiger partial charge in [-0.2, -0.15) is 0 Å². The van der Waals surface area contributed by atoms with Crippen LogP contribution in [0.1, 0.15) is 30.9 Å². The van der Waals surface area contributed by atoms with E-state index in [1.165, 1.54) is 5.56 Å². The summed E-state index contributed by atoms with van der Waals surface area (Å²) in [6.45, 7) is 5.51. The molecule has 0 radical (unpaired) electrons. The smallest absolute Gasteiger partial charge is 0.317 e. The highest BCUT2D eigenvalue weighted by Gasteiger charge is 2.27. The Labute approximate surface area is 223 Å². The van der Waals surface area contributed by atoms with Crippen molar-refractivity contribution in [1.29, 1.82) is 0 Å². The van der Waals surface area contributed by atoms with Crippen molar-refractivity contribution in [1.82, 2.24) is 19.6 Å². The third-order valence-corrected chi connectivity index (χ3v) is 6.75. The number of aliphatic carboxylic acids is 3. The topological polar surface area (TPSA) is 165 Å². The Bertz CT molecular complexity index is 896. The van der Waals surface area contributed by atoms with E-state index in [4.69, 9.17) is 0 Å². The van der Waals surface area contributed by atoms with Crippen LogP contribution in [0.25, 0.3) is 0 Å². The number of aliphatic hydroxyl groups excluding tert-OH is 1. The van der Waals surface area contributed by atoms with E-state index in [2.05, 4.69) is 13.8 Å². The molecule has 1 atom stereocenters. The summed E-state index contributed by atoms with van der Waals surface area (Å²) in [5, 5.41) is 48.0. The Kier molecular flexibility index (Phi) is 13.1. The summed E-state index contributed by atoms with van der Waals surface area (Å²) in [5.74, 6) is -2.67. The molecule has 1 unspecified atom stereocenters. The number of benzene rings is 1. The molecule has 214 valence electrons. The molecular formula is C26H42N4O8. The minimum Gasteiger partial charge on any atom is -0.480 e. The SMILES string of the molecule is CC(C)c1ccc(CC2CN(CC(=O)O)CCN(CC(=O)O)CCN(CC(=O)O)CCN2CC(O)O)cc1. The molecule has 1 heterocycles. The number of aliphatic hydroxyl groups is 2. The fourth-order valence-corrected chi connectivity index (χ4v) is 4.73. The van der Waals surface area contributed by atoms with E-state index < -0.39 is 24.2 Å². The molecule has 12 nitrogen and oxygen atoms in total. The first-order valence-electron chi connectivity index (χ1n) is 12.9. The van der Waals surface area contributed by atoms with Crippen LogP contribution in [0.3, 0.4) is 0 Å². The fraction of sp³-hybridized carbons (Fsp3) is 0.654. The molecule has 0 saturated carbocycles. The molecule has 38 heavy (non-hydrogen) atoms. The Morgan fingerprint density at radius 3 is 1.66 bits per heavy atom. The summed E-state index contributed by atoms with van der Waals surface area (Å²) in [4.78, 5) is 41.6. The minimum absolute atomic E-state index is 0.0816. The van der Waals surface area contributed by atoms with Crippen LogP contribution in [-0.2, 0) is 20.8 Å². The lowest BCUT2D eigenvalue weighted by molar-refractivity contribution is -0.141. The molecule has 1 aromatic carbocycles. The lowest BCUT2D eigenvalue weighted by Gasteiger charge is -2.38. The number of carboxylic acid groups (broad SMARTS) is 3. The lowest BCUT2D eigenvalue weighted by Crippen LogP contribution is -2.53. The van der Waals surface area contributed by atoms with Gasteiger partial charge >= 0.3 is 17.9 Å². The van der Waals surface area contributed by atoms with E-state index in [9.17, 15) is 39.9 Å². The van der Waals surface area contributed by atoms with Gasteiger partial charge in [-0.05, 0) is 23.5 Å². The molecule has 2 rings (SSSR count). The van der Waals surface area contributed by atoms with Crippen LogP contribution < -0.4 is 0 Å². The summed E-state index contributed by atoms with van der Waals surface area (Å²) in [6.07, 6.45) is -1.11. The zero-order valence-corrected chi connectivity index (χ0v) is 22.3. The maximum atomic E-state index is 11.7. The van der Waals surface area contributed by atoms with Crippen LogP contribution in [0.15, 0.2) is 24.3 Å². The zero-order chi connectivity index (χ0) is 28.2. The summed E-state index contributed by atoms with van der Waals surface area (Å²) in [6, 6.07) is 7.83. The second kappa shape index (κ2) is 15.7. The van der Waals surface area contributed by atoms with E-state index in [1.54, 1.807) is 14.7 Å². The molecule has 1 saturated heterocycles. The van der Waals surface area contributed by atoms with Crippen molar-refractivity contribution < 1.29 is 39.9 Å². The average Bonchev–Trinajstić information content (AvgIpc) is 2.80. The third kappa shape index (κ3) is 11.8. The van der Waals surface area contributed by atoms with E-state index in [0.717, 1.165) is 5.56 Å². The molecular weight excluding hydrogens is 496 g/mol. The van der Waals surface area contributed by atoms with Gasteiger partial charge in [0.1, 0.15) is 0 Å². The highest BCUT2D eigenvalue weighted by molar-refractivity contribution is 5.69. The summed E-state index contributed by atoms with van der Waals surface area (Å²) >= 11 is 0. The lowest BCUT2D eigenvalue weighted by atomic mass is 9.98. The number of β-amino-alcohol motifs (C(OH)–C–C–N with tert-alkyl or cyclic N) is 2. The predicted molar refractivity (Wildman–Crippen MR) is 140 cm³/mol. The number of nitrogens with zero attached hydrogens (tertiary/aromatic N) is 4. The van der Waals surface area contributed by atoms with Gasteiger partial charge in [0.15, 0.2) is 6.29 Å². The van der Waals surface area contributed by atoms with Crippen LogP contribution in [0.5, 0.6) is 0 Å². The van der Waals surface area contributed by atoms with Crippen molar-refractivity contribution in [3.63, 3.8) is 0 Å². The summed E-state index contributed by atoms with van der Waals surface area (Å²) in [7, 11) is 0. The van der Waals surface area contributed by atoms with Crippen molar-refractivity contribution >= 4 is 17.9 Å². The fourth-order valence-electron chi connectivity index (χ4n) is 4.73. The van der Waals surface area contributed by atoms with Gasteiger partial charge in [0, 0.05) is 58.4 Å². The third-order valence-electron chi connectivity index (χ3n) is 6.75. The number of carbonyl (C=O) groups is 3. The van der Waals surface area contributed by atoms with Gasteiger partial charge in [-0.15, -0.1) is 0 Å². The van der Waals surface area contributed by atoms with Crippen molar-refractivity contribution in [2.24, 2.45) is 0 Å². The molecule has 0 amide bonds. The van der Waals surface area contributed by atoms with Gasteiger partial charge < -0.3 is 25.5 Å². The molecule has 0 bridgehead atoms. The van der Waals surface area contributed by atoms with Crippen LogP contribution in [0.4, 0.5) is 0 Å². The standard InChI is InChI=1S/C26H42N4O8/c1-19(2)21-5-3-20(4-6-21)13-22-14-29(17-25(35)36)10-9-27(15-23(31)32)7-8-28(16-24(33)34)11-12-30(22)18-26(37)38/h3-6,19,22,26,37-38H,7-18H2,1-2H3,(H,31,32)(H,33,34)(H,35,36). The van der Waals surface area contributed by atoms with Crippen LogP contribution in [-0.4, -0.2) is 147 Å². The Morgan fingerprint density at radius 2 is 1.21 bits per heavy atom. The highest BCUT2D eigenvalue weighted by atomic mass is 16.5. The van der Waals surface area contributed by atoms with E-state index in [1.807, 2.05) is 29.2 Å². The van der Waals surface area contributed by atoms with Gasteiger partial charge in [-0.25, -0.2) is 0 Å². The van der Waals surface area contributed by atoms with Crippen molar-refractivity contribution in [3.05, 3.63) is 35.4 Å². The molecule has 0 spiro atoms. The van der Waals surface area contributed by atoms with Gasteiger partial charge in [0.2, 0.25) is 0 Å². The number of hydrogen-bond donors (Lipinski definition) is 5. The van der Waals surface area contributed by atoms with Crippen LogP contribution in [0.2, 0.25) is 0 Å². The van der Waals surface area contributed by atoms with Gasteiger partial charge in [0.05, 0.1) is 19.6 Å². The Balaban J connectivity index is 2.39. The average molecular weight is 539 g/mol. The first kappa shape index (κ1) is 31.6. The first-order chi connectivity index (χ1) is 17.9. The molecule has 5 N–H and O–H groups in total. The Hall–Kier alpha value is -2.61. The molecule has 1 aliphatic heterocycles. The number of rotatable bonds is 11. The van der Waals surface area contributed by atoms with Crippen molar-refractivity contribution in [3.8, 4) is 0 Å². The van der Waals surface area contributed by atoms with E-state index in [-0.39, 0.29) is 38.8 Å². The largest absolute Gasteiger partial charge is 0.480 e. The predicted octanol–water partition coefficient (Wildman–Crippen LogP) is -0.493. The molecule has 1 fully saturated rings. The highest BCUT2D eigenvalue weighted by Crippen LogP contribution is 2.18. The Morgan fingerprint density at radius 1 is 0.763 bits per heavy atom. The monoisotopic (exact) mass is 538 g/mol. The van der Waals surface area contributed by atoms with Crippen molar-refractivity contribution in [2.75, 3.05) is 72.0 Å². The number of carboxylic acids is 3. The van der Waals surface area contributed by atoms with Gasteiger partial charge in [0.25, 0.3) is 0 Å². The van der Waals surface area contributed by atoms with Crippen molar-refractivity contribution in [2.45, 2.75) is 38.5 Å². The van der Waals surface area contributed by atoms with E-state index in [0.29, 0.717) is 51.6 Å². The molecule has 12 heteroatoms. The normalized spacial score (nSPS) is 19.8.